The van der Waals surface area contributed by atoms with Crippen molar-refractivity contribution in [2.45, 2.75) is 26.4 Å². The lowest BCUT2D eigenvalue weighted by Gasteiger charge is -2.28. The summed E-state index contributed by atoms with van der Waals surface area (Å²) >= 11 is 0. The third-order valence-corrected chi connectivity index (χ3v) is 5.39. The third-order valence-electron chi connectivity index (χ3n) is 5.39. The van der Waals surface area contributed by atoms with Crippen molar-refractivity contribution in [3.05, 3.63) is 59.8 Å². The van der Waals surface area contributed by atoms with Crippen molar-refractivity contribution in [1.82, 2.24) is 9.47 Å². The first-order chi connectivity index (χ1) is 14.6. The van der Waals surface area contributed by atoms with Crippen LogP contribution in [0.3, 0.4) is 0 Å². The number of carbonyl (C=O) groups is 2. The van der Waals surface area contributed by atoms with Gasteiger partial charge in [0, 0.05) is 54.3 Å². The molecule has 7 heteroatoms. The van der Waals surface area contributed by atoms with Gasteiger partial charge in [-0.25, -0.2) is 4.79 Å². The summed E-state index contributed by atoms with van der Waals surface area (Å²) in [5.41, 5.74) is 4.12. The molecule has 4 rings (SSSR count). The quantitative estimate of drug-likeness (QED) is 0.653. The number of anilines is 1. The summed E-state index contributed by atoms with van der Waals surface area (Å²) in [6.45, 7) is 3.44. The lowest BCUT2D eigenvalue weighted by Crippen LogP contribution is -2.39. The maximum Gasteiger partial charge on any atom is 0.322 e. The fraction of sp³-hybridized carbons (Fsp3) is 0.304. The van der Waals surface area contributed by atoms with Crippen LogP contribution in [0.2, 0.25) is 0 Å². The van der Waals surface area contributed by atoms with Gasteiger partial charge in [-0.2, -0.15) is 0 Å². The van der Waals surface area contributed by atoms with Gasteiger partial charge >= 0.3 is 12.0 Å². The molecule has 7 nitrogen and oxygen atoms in total. The summed E-state index contributed by atoms with van der Waals surface area (Å²) in [7, 11) is 1.64. The summed E-state index contributed by atoms with van der Waals surface area (Å²) in [5.74, 6) is 0.485. The van der Waals surface area contributed by atoms with Crippen molar-refractivity contribution in [2.24, 2.45) is 0 Å². The zero-order valence-electron chi connectivity index (χ0n) is 17.2. The Hall–Kier alpha value is -3.48. The number of esters is 1. The van der Waals surface area contributed by atoms with Crippen LogP contribution in [-0.2, 0) is 29.0 Å². The molecule has 0 spiro atoms. The Balaban J connectivity index is 1.63. The molecule has 0 saturated carbocycles. The van der Waals surface area contributed by atoms with Gasteiger partial charge in [0.25, 0.3) is 0 Å². The number of para-hydroxylation sites is 1. The van der Waals surface area contributed by atoms with Gasteiger partial charge in [0.05, 0.1) is 13.7 Å². The topological polar surface area (TPSA) is 72.8 Å². The van der Waals surface area contributed by atoms with Gasteiger partial charge in [-0.05, 0) is 30.3 Å². The zero-order chi connectivity index (χ0) is 21.1. The van der Waals surface area contributed by atoms with E-state index < -0.39 is 0 Å². The molecular formula is C23H25N3O4. The molecule has 1 aromatic heterocycles. The van der Waals surface area contributed by atoms with E-state index in [1.165, 1.54) is 12.6 Å². The monoisotopic (exact) mass is 407 g/mol. The Morgan fingerprint density at radius 3 is 2.67 bits per heavy atom. The normalized spacial score (nSPS) is 13.1. The minimum Gasteiger partial charge on any atom is -0.497 e. The number of rotatable bonds is 5. The van der Waals surface area contributed by atoms with Gasteiger partial charge in [-0.1, -0.05) is 18.2 Å². The molecule has 0 aliphatic carbocycles. The number of nitrogens with zero attached hydrogens (tertiary/aromatic N) is 2. The van der Waals surface area contributed by atoms with Crippen LogP contribution in [0.1, 0.15) is 18.2 Å². The highest BCUT2D eigenvalue weighted by Gasteiger charge is 2.27. The third kappa shape index (κ3) is 3.96. The van der Waals surface area contributed by atoms with E-state index in [0.717, 1.165) is 34.3 Å². The van der Waals surface area contributed by atoms with Gasteiger partial charge in [-0.15, -0.1) is 0 Å². The first-order valence-corrected chi connectivity index (χ1v) is 9.99. The Bertz CT molecular complexity index is 1070. The van der Waals surface area contributed by atoms with Crippen LogP contribution in [0.4, 0.5) is 10.5 Å². The molecular weight excluding hydrogens is 382 g/mol. The van der Waals surface area contributed by atoms with Gasteiger partial charge in [0.15, 0.2) is 0 Å². The molecule has 0 unspecified atom stereocenters. The van der Waals surface area contributed by atoms with Crippen molar-refractivity contribution < 1.29 is 19.1 Å². The van der Waals surface area contributed by atoms with Crippen LogP contribution in [0.15, 0.2) is 48.5 Å². The van der Waals surface area contributed by atoms with Crippen molar-refractivity contribution >= 4 is 28.6 Å². The number of carbonyl (C=O) groups excluding carboxylic acids is 2. The SMILES string of the molecule is COc1ccc2c(c1)c1c(n2CCOC(C)=O)CCN(C(=O)Nc2ccccc2)C1. The van der Waals surface area contributed by atoms with Crippen LogP contribution in [0.5, 0.6) is 5.75 Å². The standard InChI is InChI=1S/C23H25N3O4/c1-16(27)30-13-12-26-21-9-8-18(29-2)14-19(21)20-15-25(11-10-22(20)26)23(28)24-17-6-4-3-5-7-17/h3-9,14H,10-13,15H2,1-2H3,(H,24,28). The van der Waals surface area contributed by atoms with Crippen LogP contribution < -0.4 is 10.1 Å². The number of aromatic nitrogens is 1. The molecule has 30 heavy (non-hydrogen) atoms. The molecule has 2 aromatic carbocycles. The first-order valence-electron chi connectivity index (χ1n) is 9.99. The van der Waals surface area contributed by atoms with E-state index in [0.29, 0.717) is 26.2 Å². The van der Waals surface area contributed by atoms with E-state index in [1.807, 2.05) is 53.4 Å². The van der Waals surface area contributed by atoms with E-state index >= 15 is 0 Å². The number of fused-ring (bicyclic) bond motifs is 3. The fourth-order valence-corrected chi connectivity index (χ4v) is 3.99. The molecule has 1 aliphatic heterocycles. The van der Waals surface area contributed by atoms with Crippen molar-refractivity contribution in [3.63, 3.8) is 0 Å². The molecule has 2 amide bonds. The molecule has 0 radical (unpaired) electrons. The Labute approximate surface area is 175 Å². The van der Waals surface area contributed by atoms with Crippen LogP contribution in [0.25, 0.3) is 10.9 Å². The zero-order valence-corrected chi connectivity index (χ0v) is 17.2. The summed E-state index contributed by atoms with van der Waals surface area (Å²) in [5, 5.41) is 4.02. The summed E-state index contributed by atoms with van der Waals surface area (Å²) in [4.78, 5) is 25.8. The number of benzene rings is 2. The molecule has 1 aliphatic rings. The van der Waals surface area contributed by atoms with Crippen LogP contribution in [-0.4, -0.2) is 41.7 Å². The Morgan fingerprint density at radius 1 is 1.13 bits per heavy atom. The van der Waals surface area contributed by atoms with E-state index in [1.54, 1.807) is 7.11 Å². The average Bonchev–Trinajstić information content (AvgIpc) is 3.06. The number of methoxy groups -OCH3 is 1. The largest absolute Gasteiger partial charge is 0.497 e. The lowest BCUT2D eigenvalue weighted by atomic mass is 10.0. The predicted molar refractivity (Wildman–Crippen MR) is 115 cm³/mol. The molecule has 2 heterocycles. The maximum atomic E-state index is 12.8. The second-order valence-corrected chi connectivity index (χ2v) is 7.27. The summed E-state index contributed by atoms with van der Waals surface area (Å²) in [6, 6.07) is 15.3. The lowest BCUT2D eigenvalue weighted by molar-refractivity contribution is -0.141. The van der Waals surface area contributed by atoms with Gasteiger partial charge < -0.3 is 24.3 Å². The van der Waals surface area contributed by atoms with Crippen molar-refractivity contribution in [3.8, 4) is 5.75 Å². The number of nitrogens with one attached hydrogen (secondary N) is 1. The van der Waals surface area contributed by atoms with E-state index in [4.69, 9.17) is 9.47 Å². The van der Waals surface area contributed by atoms with Gasteiger partial charge in [-0.3, -0.25) is 4.79 Å². The molecule has 1 N–H and O–H groups in total. The number of amides is 2. The first kappa shape index (κ1) is 19.8. The van der Waals surface area contributed by atoms with Crippen molar-refractivity contribution in [2.75, 3.05) is 25.6 Å². The Morgan fingerprint density at radius 2 is 1.93 bits per heavy atom. The van der Waals surface area contributed by atoms with Crippen LogP contribution in [0, 0.1) is 0 Å². The minimum atomic E-state index is -0.286. The van der Waals surface area contributed by atoms with E-state index in [2.05, 4.69) is 9.88 Å². The number of urea groups is 1. The van der Waals surface area contributed by atoms with Gasteiger partial charge in [0.1, 0.15) is 12.4 Å². The van der Waals surface area contributed by atoms with Crippen molar-refractivity contribution in [1.29, 1.82) is 0 Å². The highest BCUT2D eigenvalue weighted by molar-refractivity contribution is 5.91. The minimum absolute atomic E-state index is 0.115. The summed E-state index contributed by atoms with van der Waals surface area (Å²) in [6.07, 6.45) is 0.731. The number of ether oxygens (including phenoxy) is 2. The maximum absolute atomic E-state index is 12.8. The smallest absolute Gasteiger partial charge is 0.322 e. The molecule has 0 fully saturated rings. The molecule has 156 valence electrons. The molecule has 0 saturated heterocycles. The van der Waals surface area contributed by atoms with E-state index in [9.17, 15) is 9.59 Å². The fourth-order valence-electron chi connectivity index (χ4n) is 3.99. The van der Waals surface area contributed by atoms with E-state index in [-0.39, 0.29) is 12.0 Å². The highest BCUT2D eigenvalue weighted by atomic mass is 16.5. The average molecular weight is 407 g/mol. The molecule has 3 aromatic rings. The second kappa shape index (κ2) is 8.49. The van der Waals surface area contributed by atoms with Gasteiger partial charge in [0.2, 0.25) is 0 Å². The molecule has 0 atom stereocenters. The second-order valence-electron chi connectivity index (χ2n) is 7.27. The highest BCUT2D eigenvalue weighted by Crippen LogP contribution is 2.33. The van der Waals surface area contributed by atoms with Crippen LogP contribution >= 0.6 is 0 Å². The molecule has 0 bridgehead atoms. The summed E-state index contributed by atoms with van der Waals surface area (Å²) < 4.78 is 12.8. The number of hydrogen-bond donors (Lipinski definition) is 1. The Kier molecular flexibility index (Phi) is 5.61. The predicted octanol–water partition coefficient (Wildman–Crippen LogP) is 3.80. The number of hydrogen-bond acceptors (Lipinski definition) is 4.